The molecule has 1 unspecified atom stereocenters. The van der Waals surface area contributed by atoms with E-state index in [-0.39, 0.29) is 29.2 Å². The van der Waals surface area contributed by atoms with Gasteiger partial charge in [-0.1, -0.05) is 18.6 Å². The zero-order chi connectivity index (χ0) is 24.9. The van der Waals surface area contributed by atoms with Crippen LogP contribution in [0.25, 0.3) is 0 Å². The van der Waals surface area contributed by atoms with Crippen LogP contribution in [0.5, 0.6) is 5.75 Å². The van der Waals surface area contributed by atoms with E-state index in [0.717, 1.165) is 32.1 Å². The van der Waals surface area contributed by atoms with Gasteiger partial charge >= 0.3 is 6.43 Å². The van der Waals surface area contributed by atoms with E-state index in [4.69, 9.17) is 15.6 Å². The second-order valence-electron chi connectivity index (χ2n) is 8.77. The number of carbonyl (C=O) groups excluding carboxylic acids is 1. The number of aromatic nitrogens is 1. The molecule has 2 N–H and O–H groups in total. The SMILES string of the molecule is N=C(OC(=N)C(F)F)c1cnc2c(c1)C(=O)C(CCC1CCCC[C@H]1Oc1cccc(F)c1)=CC2. The Morgan fingerprint density at radius 1 is 1.17 bits per heavy atom. The highest BCUT2D eigenvalue weighted by atomic mass is 19.3. The minimum atomic E-state index is -3.13. The highest BCUT2D eigenvalue weighted by molar-refractivity contribution is 6.11. The lowest BCUT2D eigenvalue weighted by molar-refractivity contribution is 0.0860. The Hall–Kier alpha value is -3.49. The number of alkyl halides is 2. The molecule has 4 rings (SSSR count). The molecule has 1 heterocycles. The number of halogens is 3. The van der Waals surface area contributed by atoms with Gasteiger partial charge in [0.2, 0.25) is 5.90 Å². The fourth-order valence-corrected chi connectivity index (χ4v) is 4.61. The van der Waals surface area contributed by atoms with Gasteiger partial charge in [-0.3, -0.25) is 20.6 Å². The van der Waals surface area contributed by atoms with Crippen LogP contribution in [-0.2, 0) is 11.2 Å². The summed E-state index contributed by atoms with van der Waals surface area (Å²) in [7, 11) is 0. The molecule has 2 aliphatic rings. The summed E-state index contributed by atoms with van der Waals surface area (Å²) in [6.07, 6.45) is 5.65. The van der Waals surface area contributed by atoms with Gasteiger partial charge in [0.15, 0.2) is 5.78 Å². The second kappa shape index (κ2) is 10.8. The first kappa shape index (κ1) is 24.6. The van der Waals surface area contributed by atoms with E-state index in [0.29, 0.717) is 35.4 Å². The number of hydrogen-bond acceptors (Lipinski definition) is 6. The number of benzene rings is 1. The third-order valence-electron chi connectivity index (χ3n) is 6.43. The minimum absolute atomic E-state index is 0.0480. The van der Waals surface area contributed by atoms with Gasteiger partial charge in [0.05, 0.1) is 11.3 Å². The molecule has 9 heteroatoms. The summed E-state index contributed by atoms with van der Waals surface area (Å²) >= 11 is 0. The van der Waals surface area contributed by atoms with Crippen LogP contribution in [0.2, 0.25) is 0 Å². The smallest absolute Gasteiger partial charge is 0.312 e. The average Bonchev–Trinajstić information content (AvgIpc) is 2.84. The molecule has 2 aliphatic carbocycles. The number of allylic oxidation sites excluding steroid dienone is 2. The summed E-state index contributed by atoms with van der Waals surface area (Å²) < 4.78 is 49.3. The van der Waals surface area contributed by atoms with Crippen molar-refractivity contribution in [1.82, 2.24) is 4.98 Å². The molecule has 1 fully saturated rings. The van der Waals surface area contributed by atoms with Gasteiger partial charge in [-0.05, 0) is 61.8 Å². The maximum Gasteiger partial charge on any atom is 0.312 e. The van der Waals surface area contributed by atoms with E-state index in [1.54, 1.807) is 12.1 Å². The quantitative estimate of drug-likeness (QED) is 0.378. The van der Waals surface area contributed by atoms with Gasteiger partial charge in [-0.2, -0.15) is 8.78 Å². The van der Waals surface area contributed by atoms with Crippen molar-refractivity contribution in [2.24, 2.45) is 5.92 Å². The molecule has 0 radical (unpaired) electrons. The summed E-state index contributed by atoms with van der Waals surface area (Å²) in [6.45, 7) is 0. The van der Waals surface area contributed by atoms with Gasteiger partial charge < -0.3 is 9.47 Å². The average molecular weight is 486 g/mol. The number of hydrogen-bond donors (Lipinski definition) is 2. The van der Waals surface area contributed by atoms with Crippen LogP contribution in [0.3, 0.4) is 0 Å². The van der Waals surface area contributed by atoms with Crippen molar-refractivity contribution in [3.05, 3.63) is 70.8 Å². The molecule has 0 saturated heterocycles. The molecule has 0 bridgehead atoms. The number of nitrogens with one attached hydrogen (secondary N) is 2. The highest BCUT2D eigenvalue weighted by Crippen LogP contribution is 2.34. The molecule has 0 spiro atoms. The van der Waals surface area contributed by atoms with Crippen molar-refractivity contribution in [1.29, 1.82) is 10.8 Å². The zero-order valence-electron chi connectivity index (χ0n) is 19.0. The number of nitrogens with zero attached hydrogens (tertiary/aromatic N) is 1. The third kappa shape index (κ3) is 5.96. The maximum atomic E-state index is 13.6. The fraction of sp³-hybridized carbons (Fsp3) is 0.385. The van der Waals surface area contributed by atoms with Crippen LogP contribution in [0, 0.1) is 22.6 Å². The van der Waals surface area contributed by atoms with Crippen LogP contribution < -0.4 is 4.74 Å². The van der Waals surface area contributed by atoms with Gasteiger partial charge in [0.25, 0.3) is 5.90 Å². The molecular weight excluding hydrogens is 459 g/mol. The molecule has 1 aromatic carbocycles. The summed E-state index contributed by atoms with van der Waals surface area (Å²) in [5.41, 5.74) is 1.55. The topological polar surface area (TPSA) is 96.1 Å². The monoisotopic (exact) mass is 485 g/mol. The van der Waals surface area contributed by atoms with Gasteiger partial charge in [-0.25, -0.2) is 4.39 Å². The lowest BCUT2D eigenvalue weighted by Crippen LogP contribution is -2.30. The first-order valence-corrected chi connectivity index (χ1v) is 11.6. The van der Waals surface area contributed by atoms with E-state index in [9.17, 15) is 18.0 Å². The van der Waals surface area contributed by atoms with Crippen molar-refractivity contribution in [2.45, 2.75) is 57.5 Å². The predicted octanol–water partition coefficient (Wildman–Crippen LogP) is 5.89. The Morgan fingerprint density at radius 2 is 1.97 bits per heavy atom. The van der Waals surface area contributed by atoms with Crippen molar-refractivity contribution < 1.29 is 27.4 Å². The maximum absolute atomic E-state index is 13.6. The summed E-state index contributed by atoms with van der Waals surface area (Å²) in [4.78, 5) is 17.3. The van der Waals surface area contributed by atoms with Crippen LogP contribution in [0.15, 0.2) is 48.2 Å². The lowest BCUT2D eigenvalue weighted by Gasteiger charge is -2.32. The van der Waals surface area contributed by atoms with Crippen molar-refractivity contribution in [2.75, 3.05) is 0 Å². The summed E-state index contributed by atoms with van der Waals surface area (Å²) in [5.74, 6) is -1.81. The molecule has 184 valence electrons. The Labute approximate surface area is 201 Å². The second-order valence-corrected chi connectivity index (χ2v) is 8.77. The van der Waals surface area contributed by atoms with Crippen LogP contribution >= 0.6 is 0 Å². The third-order valence-corrected chi connectivity index (χ3v) is 6.43. The number of fused-ring (bicyclic) bond motifs is 1. The molecule has 35 heavy (non-hydrogen) atoms. The zero-order valence-corrected chi connectivity index (χ0v) is 19.0. The number of rotatable bonds is 7. The normalized spacial score (nSPS) is 19.7. The van der Waals surface area contributed by atoms with Crippen LogP contribution in [0.4, 0.5) is 13.2 Å². The molecule has 0 aliphatic heterocycles. The van der Waals surface area contributed by atoms with Gasteiger partial charge in [0, 0.05) is 24.2 Å². The minimum Gasteiger partial charge on any atom is -0.490 e. The predicted molar refractivity (Wildman–Crippen MR) is 124 cm³/mol. The molecule has 1 saturated carbocycles. The standard InChI is InChI=1S/C26H26F3N3O3/c27-18-5-3-6-19(13-18)34-22-7-2-1-4-15(22)8-9-16-10-11-21-20(23(16)33)12-17(14-32-21)25(30)35-26(31)24(28)29/h3,5-6,10,12-15,22,24,30-31H,1-2,4,7-9,11H2/t15?,22-/m1/s1. The van der Waals surface area contributed by atoms with Crippen molar-refractivity contribution in [3.8, 4) is 5.75 Å². The molecule has 2 aromatic rings. The first-order valence-electron chi connectivity index (χ1n) is 11.6. The van der Waals surface area contributed by atoms with Crippen LogP contribution in [0.1, 0.15) is 60.1 Å². The molecular formula is C26H26F3N3O3. The summed E-state index contributed by atoms with van der Waals surface area (Å²) in [5, 5.41) is 14.9. The van der Waals surface area contributed by atoms with E-state index < -0.39 is 18.2 Å². The number of ether oxygens (including phenoxy) is 2. The fourth-order valence-electron chi connectivity index (χ4n) is 4.61. The largest absolute Gasteiger partial charge is 0.490 e. The van der Waals surface area contributed by atoms with Crippen molar-refractivity contribution in [3.63, 3.8) is 0 Å². The number of Topliss-reactive ketones (excluding diaryl/α,β-unsaturated/α-hetero) is 1. The summed E-state index contributed by atoms with van der Waals surface area (Å²) in [6, 6.07) is 7.53. The van der Waals surface area contributed by atoms with E-state index in [1.807, 2.05) is 6.08 Å². The molecule has 1 aromatic heterocycles. The molecule has 2 atom stereocenters. The Bertz CT molecular complexity index is 1170. The Balaban J connectivity index is 1.41. The molecule has 6 nitrogen and oxygen atoms in total. The number of carbonyl (C=O) groups is 1. The van der Waals surface area contributed by atoms with E-state index in [2.05, 4.69) is 9.72 Å². The Kier molecular flexibility index (Phi) is 7.63. The highest BCUT2D eigenvalue weighted by Gasteiger charge is 2.29. The van der Waals surface area contributed by atoms with Crippen molar-refractivity contribution >= 4 is 17.6 Å². The van der Waals surface area contributed by atoms with Gasteiger partial charge in [-0.15, -0.1) is 0 Å². The first-order chi connectivity index (χ1) is 16.8. The van der Waals surface area contributed by atoms with E-state index in [1.165, 1.54) is 24.4 Å². The number of pyridine rings is 1. The molecule has 0 amide bonds. The number of ketones is 1. The van der Waals surface area contributed by atoms with Gasteiger partial charge in [0.1, 0.15) is 17.7 Å². The van der Waals surface area contributed by atoms with E-state index >= 15 is 0 Å². The van der Waals surface area contributed by atoms with Crippen LogP contribution in [-0.4, -0.2) is 35.1 Å². The lowest BCUT2D eigenvalue weighted by atomic mass is 9.81. The Morgan fingerprint density at radius 3 is 2.74 bits per heavy atom.